The summed E-state index contributed by atoms with van der Waals surface area (Å²) in [5, 5.41) is 21.3. The maximum atomic E-state index is 13.3. The third-order valence-corrected chi connectivity index (χ3v) is 1.91. The highest BCUT2D eigenvalue weighted by Gasteiger charge is 2.15. The lowest BCUT2D eigenvalue weighted by Crippen LogP contribution is -2.25. The van der Waals surface area contributed by atoms with E-state index in [2.05, 4.69) is 5.32 Å². The van der Waals surface area contributed by atoms with Gasteiger partial charge < -0.3 is 10.4 Å². The Morgan fingerprint density at radius 1 is 1.62 bits per heavy atom. The molecule has 0 amide bonds. The average molecular weight is 228 g/mol. The van der Waals surface area contributed by atoms with E-state index in [0.29, 0.717) is 0 Å². The second-order valence-electron chi connectivity index (χ2n) is 3.13. The molecule has 7 heteroatoms. The standard InChI is InChI=1S/C9H9FN2O4/c1-5(9(13)14)11-8-3-2-6(12(15)16)4-7(8)10/h2-5,11H,1H3,(H,13,14). The van der Waals surface area contributed by atoms with Crippen LogP contribution in [0, 0.1) is 15.9 Å². The molecular formula is C9H9FN2O4. The highest BCUT2D eigenvalue weighted by molar-refractivity contribution is 5.76. The van der Waals surface area contributed by atoms with Gasteiger partial charge in [-0.2, -0.15) is 0 Å². The number of nitro groups is 1. The first kappa shape index (κ1) is 11.9. The van der Waals surface area contributed by atoms with E-state index in [1.165, 1.54) is 6.92 Å². The van der Waals surface area contributed by atoms with Crippen molar-refractivity contribution in [3.8, 4) is 0 Å². The summed E-state index contributed by atoms with van der Waals surface area (Å²) >= 11 is 0. The summed E-state index contributed by atoms with van der Waals surface area (Å²) in [6.07, 6.45) is 0. The molecule has 0 radical (unpaired) electrons. The first-order valence-corrected chi connectivity index (χ1v) is 4.35. The van der Waals surface area contributed by atoms with Crippen LogP contribution < -0.4 is 5.32 Å². The van der Waals surface area contributed by atoms with Crippen molar-refractivity contribution in [2.75, 3.05) is 5.32 Å². The monoisotopic (exact) mass is 228 g/mol. The van der Waals surface area contributed by atoms with E-state index in [9.17, 15) is 19.3 Å². The van der Waals surface area contributed by atoms with Gasteiger partial charge in [0.1, 0.15) is 6.04 Å². The Morgan fingerprint density at radius 3 is 2.69 bits per heavy atom. The zero-order chi connectivity index (χ0) is 12.3. The third-order valence-electron chi connectivity index (χ3n) is 1.91. The number of hydrogen-bond acceptors (Lipinski definition) is 4. The molecule has 0 bridgehead atoms. The minimum absolute atomic E-state index is 0.0829. The topological polar surface area (TPSA) is 92.5 Å². The Morgan fingerprint density at radius 2 is 2.25 bits per heavy atom. The number of halogens is 1. The smallest absolute Gasteiger partial charge is 0.325 e. The van der Waals surface area contributed by atoms with Gasteiger partial charge in [-0.3, -0.25) is 14.9 Å². The molecule has 2 N–H and O–H groups in total. The molecule has 0 heterocycles. The predicted molar refractivity (Wildman–Crippen MR) is 53.8 cm³/mol. The molecule has 6 nitrogen and oxygen atoms in total. The first-order valence-electron chi connectivity index (χ1n) is 4.35. The predicted octanol–water partition coefficient (Wildman–Crippen LogP) is 1.62. The van der Waals surface area contributed by atoms with Crippen molar-refractivity contribution in [3.63, 3.8) is 0 Å². The van der Waals surface area contributed by atoms with Crippen molar-refractivity contribution in [1.82, 2.24) is 0 Å². The molecule has 0 aliphatic carbocycles. The molecule has 86 valence electrons. The van der Waals surface area contributed by atoms with Crippen LogP contribution >= 0.6 is 0 Å². The lowest BCUT2D eigenvalue weighted by Gasteiger charge is -2.10. The molecule has 1 unspecified atom stereocenters. The quantitative estimate of drug-likeness (QED) is 0.603. The normalized spacial score (nSPS) is 11.9. The van der Waals surface area contributed by atoms with Crippen LogP contribution in [-0.2, 0) is 4.79 Å². The number of carbonyl (C=O) groups is 1. The molecule has 0 fully saturated rings. The number of nitrogens with zero attached hydrogens (tertiary/aromatic N) is 1. The van der Waals surface area contributed by atoms with Gasteiger partial charge in [0.25, 0.3) is 5.69 Å². The van der Waals surface area contributed by atoms with Gasteiger partial charge in [0.05, 0.1) is 16.7 Å². The number of carboxylic acids is 1. The number of aliphatic carboxylic acids is 1. The van der Waals surface area contributed by atoms with Gasteiger partial charge in [-0.25, -0.2) is 4.39 Å². The molecule has 1 rings (SSSR count). The van der Waals surface area contributed by atoms with E-state index >= 15 is 0 Å². The molecule has 0 spiro atoms. The molecule has 0 aliphatic rings. The Labute approximate surface area is 89.9 Å². The zero-order valence-electron chi connectivity index (χ0n) is 8.31. The maximum absolute atomic E-state index is 13.3. The molecule has 1 aromatic rings. The number of hydrogen-bond donors (Lipinski definition) is 2. The van der Waals surface area contributed by atoms with Gasteiger partial charge in [0.15, 0.2) is 5.82 Å². The van der Waals surface area contributed by atoms with E-state index in [1.54, 1.807) is 0 Å². The fourth-order valence-corrected chi connectivity index (χ4v) is 1.03. The van der Waals surface area contributed by atoms with Crippen molar-refractivity contribution in [1.29, 1.82) is 0 Å². The van der Waals surface area contributed by atoms with E-state index in [4.69, 9.17) is 5.11 Å². The van der Waals surface area contributed by atoms with Crippen LogP contribution in [0.25, 0.3) is 0 Å². The van der Waals surface area contributed by atoms with E-state index in [0.717, 1.165) is 18.2 Å². The van der Waals surface area contributed by atoms with Crippen LogP contribution in [0.1, 0.15) is 6.92 Å². The van der Waals surface area contributed by atoms with Crippen LogP contribution in [0.4, 0.5) is 15.8 Å². The summed E-state index contributed by atoms with van der Waals surface area (Å²) in [5.41, 5.74) is -0.466. The number of benzene rings is 1. The van der Waals surface area contributed by atoms with Crippen LogP contribution in [0.2, 0.25) is 0 Å². The number of carboxylic acid groups (broad SMARTS) is 1. The Hall–Kier alpha value is -2.18. The maximum Gasteiger partial charge on any atom is 0.325 e. The zero-order valence-corrected chi connectivity index (χ0v) is 8.31. The number of nitrogens with one attached hydrogen (secondary N) is 1. The molecule has 0 saturated heterocycles. The Kier molecular flexibility index (Phi) is 3.39. The van der Waals surface area contributed by atoms with Gasteiger partial charge in [-0.15, -0.1) is 0 Å². The van der Waals surface area contributed by atoms with Crippen molar-refractivity contribution >= 4 is 17.3 Å². The average Bonchev–Trinajstić information content (AvgIpc) is 2.20. The summed E-state index contributed by atoms with van der Waals surface area (Å²) in [4.78, 5) is 20.1. The molecule has 0 aromatic heterocycles. The van der Waals surface area contributed by atoms with Gasteiger partial charge in [-0.1, -0.05) is 0 Å². The fourth-order valence-electron chi connectivity index (χ4n) is 1.03. The second-order valence-corrected chi connectivity index (χ2v) is 3.13. The highest BCUT2D eigenvalue weighted by Crippen LogP contribution is 2.20. The molecule has 0 saturated carbocycles. The number of nitro benzene ring substituents is 1. The van der Waals surface area contributed by atoms with Crippen LogP contribution in [-0.4, -0.2) is 22.0 Å². The van der Waals surface area contributed by atoms with Gasteiger partial charge in [0, 0.05) is 6.07 Å². The number of anilines is 1. The van der Waals surface area contributed by atoms with Crippen molar-refractivity contribution in [3.05, 3.63) is 34.1 Å². The summed E-state index contributed by atoms with van der Waals surface area (Å²) in [6, 6.07) is 1.99. The van der Waals surface area contributed by atoms with Crippen molar-refractivity contribution < 1.29 is 19.2 Å². The van der Waals surface area contributed by atoms with Crippen LogP contribution in [0.3, 0.4) is 0 Å². The van der Waals surface area contributed by atoms with E-state index in [1.807, 2.05) is 0 Å². The number of non-ortho nitro benzene ring substituents is 1. The van der Waals surface area contributed by atoms with E-state index < -0.39 is 22.8 Å². The van der Waals surface area contributed by atoms with Crippen molar-refractivity contribution in [2.45, 2.75) is 13.0 Å². The van der Waals surface area contributed by atoms with Crippen molar-refractivity contribution in [2.24, 2.45) is 0 Å². The fraction of sp³-hybridized carbons (Fsp3) is 0.222. The lowest BCUT2D eigenvalue weighted by atomic mass is 10.2. The summed E-state index contributed by atoms with van der Waals surface area (Å²) < 4.78 is 13.3. The summed E-state index contributed by atoms with van der Waals surface area (Å²) in [7, 11) is 0. The summed E-state index contributed by atoms with van der Waals surface area (Å²) in [6.45, 7) is 1.34. The summed E-state index contributed by atoms with van der Waals surface area (Å²) in [5.74, 6) is -2.00. The molecule has 1 atom stereocenters. The third kappa shape index (κ3) is 2.66. The second kappa shape index (κ2) is 4.56. The molecular weight excluding hydrogens is 219 g/mol. The SMILES string of the molecule is CC(Nc1ccc([N+](=O)[O-])cc1F)C(=O)O. The minimum Gasteiger partial charge on any atom is -0.480 e. The number of rotatable bonds is 4. The largest absolute Gasteiger partial charge is 0.480 e. The van der Waals surface area contributed by atoms with E-state index in [-0.39, 0.29) is 11.4 Å². The molecule has 1 aromatic carbocycles. The van der Waals surface area contributed by atoms with Crippen LogP contribution in [0.5, 0.6) is 0 Å². The van der Waals surface area contributed by atoms with Gasteiger partial charge >= 0.3 is 5.97 Å². The molecule has 0 aliphatic heterocycles. The van der Waals surface area contributed by atoms with Crippen LogP contribution in [0.15, 0.2) is 18.2 Å². The Balaban J connectivity index is 2.91. The van der Waals surface area contributed by atoms with Gasteiger partial charge in [-0.05, 0) is 13.0 Å². The Bertz CT molecular complexity index is 436. The molecule has 16 heavy (non-hydrogen) atoms. The van der Waals surface area contributed by atoms with Gasteiger partial charge in [0.2, 0.25) is 0 Å². The minimum atomic E-state index is -1.14. The first-order chi connectivity index (χ1) is 7.41. The highest BCUT2D eigenvalue weighted by atomic mass is 19.1. The lowest BCUT2D eigenvalue weighted by molar-refractivity contribution is -0.385.